The van der Waals surface area contributed by atoms with Crippen LogP contribution in [0.3, 0.4) is 0 Å². The molecule has 0 saturated carbocycles. The zero-order valence-electron chi connectivity index (χ0n) is 14.4. The van der Waals surface area contributed by atoms with Crippen molar-refractivity contribution in [2.75, 3.05) is 13.1 Å². The first-order chi connectivity index (χ1) is 12.6. The summed E-state index contributed by atoms with van der Waals surface area (Å²) < 4.78 is 3.24. The molecule has 1 aromatic carbocycles. The topological polar surface area (TPSA) is 73.0 Å². The second kappa shape index (κ2) is 6.59. The van der Waals surface area contributed by atoms with E-state index < -0.39 is 0 Å². The van der Waals surface area contributed by atoms with Gasteiger partial charge < -0.3 is 9.47 Å². The van der Waals surface area contributed by atoms with Crippen LogP contribution < -0.4 is 5.56 Å². The first-order valence-corrected chi connectivity index (χ1v) is 8.55. The molecule has 1 amide bonds. The molecule has 1 fully saturated rings. The van der Waals surface area contributed by atoms with Crippen LogP contribution in [0, 0.1) is 0 Å². The minimum atomic E-state index is -0.270. The van der Waals surface area contributed by atoms with E-state index in [1.807, 2.05) is 41.2 Å². The Balaban J connectivity index is 1.51. The summed E-state index contributed by atoms with van der Waals surface area (Å²) >= 11 is 0. The highest BCUT2D eigenvalue weighted by molar-refractivity contribution is 5.94. The lowest BCUT2D eigenvalue weighted by Crippen LogP contribution is -2.34. The summed E-state index contributed by atoms with van der Waals surface area (Å²) in [5.41, 5.74) is 1.76. The first kappa shape index (κ1) is 16.3. The van der Waals surface area contributed by atoms with Crippen molar-refractivity contribution in [3.05, 3.63) is 70.8 Å². The number of nitrogens with zero attached hydrogens (tertiary/aromatic N) is 5. The zero-order valence-corrected chi connectivity index (χ0v) is 14.4. The summed E-state index contributed by atoms with van der Waals surface area (Å²) in [5, 5.41) is 8.48. The van der Waals surface area contributed by atoms with E-state index in [2.05, 4.69) is 10.3 Å². The molecule has 2 aromatic heterocycles. The Morgan fingerprint density at radius 1 is 1.15 bits per heavy atom. The zero-order chi connectivity index (χ0) is 18.1. The number of pyridine rings is 1. The Morgan fingerprint density at radius 3 is 2.77 bits per heavy atom. The van der Waals surface area contributed by atoms with E-state index in [1.165, 1.54) is 4.57 Å². The molecule has 1 aliphatic rings. The summed E-state index contributed by atoms with van der Waals surface area (Å²) in [6.07, 6.45) is 4.35. The van der Waals surface area contributed by atoms with Crippen LogP contribution in [-0.2, 0) is 7.05 Å². The van der Waals surface area contributed by atoms with Crippen molar-refractivity contribution >= 4 is 5.91 Å². The maximum absolute atomic E-state index is 12.7. The number of aromatic nitrogens is 4. The lowest BCUT2D eigenvalue weighted by Gasteiger charge is -2.16. The maximum atomic E-state index is 12.7. The van der Waals surface area contributed by atoms with Crippen molar-refractivity contribution in [1.82, 2.24) is 24.5 Å². The highest BCUT2D eigenvalue weighted by Gasteiger charge is 2.30. The van der Waals surface area contributed by atoms with Crippen molar-refractivity contribution in [2.45, 2.75) is 12.5 Å². The van der Waals surface area contributed by atoms with E-state index in [0.29, 0.717) is 13.1 Å². The van der Waals surface area contributed by atoms with E-state index in [0.717, 1.165) is 17.7 Å². The minimum Gasteiger partial charge on any atom is -0.336 e. The smallest absolute Gasteiger partial charge is 0.263 e. The van der Waals surface area contributed by atoms with Crippen LogP contribution in [0.25, 0.3) is 11.3 Å². The van der Waals surface area contributed by atoms with Crippen LogP contribution in [0.5, 0.6) is 0 Å². The fourth-order valence-electron chi connectivity index (χ4n) is 3.27. The van der Waals surface area contributed by atoms with Gasteiger partial charge in [0.05, 0.1) is 12.2 Å². The van der Waals surface area contributed by atoms with Gasteiger partial charge in [-0.3, -0.25) is 9.59 Å². The third kappa shape index (κ3) is 2.92. The van der Waals surface area contributed by atoms with Gasteiger partial charge in [-0.25, -0.2) is 4.68 Å². The molecule has 3 heterocycles. The van der Waals surface area contributed by atoms with Gasteiger partial charge in [-0.2, -0.15) is 0 Å². The van der Waals surface area contributed by atoms with Gasteiger partial charge in [-0.05, 0) is 18.6 Å². The first-order valence-electron chi connectivity index (χ1n) is 8.55. The van der Waals surface area contributed by atoms with E-state index >= 15 is 0 Å². The standard InChI is InChI=1S/C19H19N5O2/c1-22-10-5-8-16(18(22)25)19(26)23-11-9-15(12-23)24-13-17(20-21-24)14-6-3-2-4-7-14/h2-8,10,13,15H,9,11-12H2,1H3. The molecular weight excluding hydrogens is 330 g/mol. The third-order valence-corrected chi connectivity index (χ3v) is 4.76. The lowest BCUT2D eigenvalue weighted by atomic mass is 10.2. The number of carbonyl (C=O) groups excluding carboxylic acids is 1. The third-order valence-electron chi connectivity index (χ3n) is 4.76. The molecule has 132 valence electrons. The van der Waals surface area contributed by atoms with Crippen molar-refractivity contribution in [2.24, 2.45) is 7.05 Å². The summed E-state index contributed by atoms with van der Waals surface area (Å²) in [7, 11) is 1.65. The predicted molar refractivity (Wildman–Crippen MR) is 96.7 cm³/mol. The van der Waals surface area contributed by atoms with Crippen molar-refractivity contribution in [1.29, 1.82) is 0 Å². The Kier molecular flexibility index (Phi) is 4.12. The normalized spacial score (nSPS) is 16.8. The Labute approximate surface area is 150 Å². The molecule has 1 saturated heterocycles. The fraction of sp³-hybridized carbons (Fsp3) is 0.263. The molecule has 7 heteroatoms. The van der Waals surface area contributed by atoms with Crippen LogP contribution in [0.4, 0.5) is 0 Å². The average molecular weight is 349 g/mol. The largest absolute Gasteiger partial charge is 0.336 e. The van der Waals surface area contributed by atoms with Crippen LogP contribution in [-0.4, -0.2) is 43.5 Å². The highest BCUT2D eigenvalue weighted by Crippen LogP contribution is 2.24. The maximum Gasteiger partial charge on any atom is 0.263 e. The molecule has 1 aliphatic heterocycles. The Bertz CT molecular complexity index is 992. The van der Waals surface area contributed by atoms with Crippen molar-refractivity contribution in [3.63, 3.8) is 0 Å². The number of benzene rings is 1. The molecule has 0 radical (unpaired) electrons. The van der Waals surface area contributed by atoms with Crippen LogP contribution >= 0.6 is 0 Å². The predicted octanol–water partition coefficient (Wildman–Crippen LogP) is 1.73. The van der Waals surface area contributed by atoms with Crippen LogP contribution in [0.2, 0.25) is 0 Å². The van der Waals surface area contributed by atoms with Gasteiger partial charge in [0, 0.05) is 31.9 Å². The lowest BCUT2D eigenvalue weighted by molar-refractivity contribution is 0.0784. The number of hydrogen-bond donors (Lipinski definition) is 0. The van der Waals surface area contributed by atoms with Gasteiger partial charge in [0.25, 0.3) is 11.5 Å². The molecular formula is C19H19N5O2. The number of rotatable bonds is 3. The van der Waals surface area contributed by atoms with Crippen molar-refractivity contribution in [3.8, 4) is 11.3 Å². The summed E-state index contributed by atoms with van der Waals surface area (Å²) in [6, 6.07) is 13.2. The van der Waals surface area contributed by atoms with E-state index in [4.69, 9.17) is 0 Å². The fourth-order valence-corrected chi connectivity index (χ4v) is 3.27. The number of likely N-dealkylation sites (tertiary alicyclic amines) is 1. The Morgan fingerprint density at radius 2 is 1.96 bits per heavy atom. The van der Waals surface area contributed by atoms with Crippen LogP contribution in [0.15, 0.2) is 59.7 Å². The monoisotopic (exact) mass is 349 g/mol. The second-order valence-electron chi connectivity index (χ2n) is 6.48. The molecule has 0 N–H and O–H groups in total. The van der Waals surface area contributed by atoms with E-state index in [-0.39, 0.29) is 23.1 Å². The minimum absolute atomic E-state index is 0.0662. The van der Waals surface area contributed by atoms with E-state index in [1.54, 1.807) is 30.3 Å². The number of carbonyl (C=O) groups is 1. The highest BCUT2D eigenvalue weighted by atomic mass is 16.2. The van der Waals surface area contributed by atoms with Crippen molar-refractivity contribution < 1.29 is 4.79 Å². The molecule has 0 spiro atoms. The summed E-state index contributed by atoms with van der Waals surface area (Å²) in [5.74, 6) is -0.225. The molecule has 3 aromatic rings. The summed E-state index contributed by atoms with van der Waals surface area (Å²) in [6.45, 7) is 1.12. The molecule has 0 aliphatic carbocycles. The second-order valence-corrected chi connectivity index (χ2v) is 6.48. The molecule has 0 bridgehead atoms. The molecule has 1 unspecified atom stereocenters. The number of amides is 1. The Hall–Kier alpha value is -3.22. The van der Waals surface area contributed by atoms with Gasteiger partial charge in [0.2, 0.25) is 0 Å². The molecule has 7 nitrogen and oxygen atoms in total. The number of aryl methyl sites for hydroxylation is 1. The van der Waals surface area contributed by atoms with Crippen LogP contribution in [0.1, 0.15) is 22.8 Å². The summed E-state index contributed by atoms with van der Waals surface area (Å²) in [4.78, 5) is 26.6. The van der Waals surface area contributed by atoms with Gasteiger partial charge in [0.1, 0.15) is 11.3 Å². The van der Waals surface area contributed by atoms with Gasteiger partial charge >= 0.3 is 0 Å². The van der Waals surface area contributed by atoms with Gasteiger partial charge in [-0.1, -0.05) is 35.5 Å². The van der Waals surface area contributed by atoms with E-state index in [9.17, 15) is 9.59 Å². The average Bonchev–Trinajstić information content (AvgIpc) is 3.33. The molecule has 26 heavy (non-hydrogen) atoms. The van der Waals surface area contributed by atoms with Gasteiger partial charge in [-0.15, -0.1) is 5.10 Å². The number of hydrogen-bond acceptors (Lipinski definition) is 4. The molecule has 1 atom stereocenters. The quantitative estimate of drug-likeness (QED) is 0.722. The molecule has 4 rings (SSSR count). The SMILES string of the molecule is Cn1cccc(C(=O)N2CCC(n3cc(-c4ccccc4)nn3)C2)c1=O. The van der Waals surface area contributed by atoms with Gasteiger partial charge in [0.15, 0.2) is 0 Å².